The Morgan fingerprint density at radius 1 is 1.21 bits per heavy atom. The minimum absolute atomic E-state index is 0.254. The van der Waals surface area contributed by atoms with Crippen molar-refractivity contribution in [2.45, 2.75) is 39.5 Å². The fourth-order valence-corrected chi connectivity index (χ4v) is 2.72. The summed E-state index contributed by atoms with van der Waals surface area (Å²) in [5, 5.41) is 0. The van der Waals surface area contributed by atoms with Gasteiger partial charge in [0, 0.05) is 19.5 Å². The fraction of sp³-hybridized carbons (Fsp3) is 0.857. The highest BCUT2D eigenvalue weighted by Crippen LogP contribution is 2.22. The van der Waals surface area contributed by atoms with Gasteiger partial charge >= 0.3 is 0 Å². The van der Waals surface area contributed by atoms with Gasteiger partial charge in [-0.25, -0.2) is 0 Å². The van der Waals surface area contributed by atoms with E-state index in [1.807, 2.05) is 18.7 Å². The van der Waals surface area contributed by atoms with E-state index in [2.05, 4.69) is 4.90 Å². The number of primary amides is 1. The van der Waals surface area contributed by atoms with E-state index in [1.54, 1.807) is 0 Å². The van der Waals surface area contributed by atoms with Gasteiger partial charge in [-0.2, -0.15) is 0 Å². The monoisotopic (exact) mass is 269 g/mol. The molecule has 19 heavy (non-hydrogen) atoms. The Balaban J connectivity index is 2.22. The molecule has 1 fully saturated rings. The first-order valence-electron chi connectivity index (χ1n) is 7.35. The maximum atomic E-state index is 11.9. The van der Waals surface area contributed by atoms with Gasteiger partial charge in [-0.05, 0) is 52.1 Å². The molecule has 0 unspecified atom stereocenters. The van der Waals surface area contributed by atoms with Gasteiger partial charge in [-0.1, -0.05) is 0 Å². The molecule has 0 radical (unpaired) electrons. The molecule has 0 aromatic carbocycles. The summed E-state index contributed by atoms with van der Waals surface area (Å²) in [5.74, 6) is 0.628. The molecule has 1 rings (SSSR count). The van der Waals surface area contributed by atoms with Crippen LogP contribution in [-0.2, 0) is 9.59 Å². The van der Waals surface area contributed by atoms with Crippen LogP contribution >= 0.6 is 0 Å². The molecule has 5 nitrogen and oxygen atoms in total. The van der Waals surface area contributed by atoms with Gasteiger partial charge in [0.2, 0.25) is 11.8 Å². The molecule has 0 spiro atoms. The lowest BCUT2D eigenvalue weighted by Gasteiger charge is -2.31. The number of rotatable bonds is 7. The smallest absolute Gasteiger partial charge is 0.231 e. The van der Waals surface area contributed by atoms with Crippen molar-refractivity contribution < 1.29 is 9.59 Å². The van der Waals surface area contributed by atoms with E-state index in [1.165, 1.54) is 0 Å². The molecule has 0 bridgehead atoms. The van der Waals surface area contributed by atoms with Crippen LogP contribution in [0.15, 0.2) is 0 Å². The van der Waals surface area contributed by atoms with Crippen molar-refractivity contribution >= 4 is 11.8 Å². The molecule has 2 amide bonds. The topological polar surface area (TPSA) is 66.6 Å². The predicted octanol–water partition coefficient (Wildman–Crippen LogP) is 0.832. The summed E-state index contributed by atoms with van der Waals surface area (Å²) in [6.07, 6.45) is 3.76. The largest absolute Gasteiger partial charge is 0.369 e. The molecule has 1 heterocycles. The molecule has 1 aliphatic heterocycles. The van der Waals surface area contributed by atoms with Gasteiger partial charge in [0.25, 0.3) is 0 Å². The van der Waals surface area contributed by atoms with E-state index in [4.69, 9.17) is 5.73 Å². The van der Waals surface area contributed by atoms with Crippen LogP contribution in [0.25, 0.3) is 0 Å². The van der Waals surface area contributed by atoms with Crippen molar-refractivity contribution in [3.63, 3.8) is 0 Å². The number of amides is 2. The summed E-state index contributed by atoms with van der Waals surface area (Å²) in [5.41, 5.74) is 5.19. The van der Waals surface area contributed by atoms with E-state index in [0.717, 1.165) is 45.4 Å². The van der Waals surface area contributed by atoms with E-state index in [9.17, 15) is 9.59 Å². The average Bonchev–Trinajstić information content (AvgIpc) is 2.38. The number of hydrogen-bond donors (Lipinski definition) is 1. The van der Waals surface area contributed by atoms with Crippen LogP contribution in [0.1, 0.15) is 39.5 Å². The quantitative estimate of drug-likeness (QED) is 0.744. The van der Waals surface area contributed by atoms with Crippen molar-refractivity contribution in [3.05, 3.63) is 0 Å². The predicted molar refractivity (Wildman–Crippen MR) is 75.5 cm³/mol. The summed E-state index contributed by atoms with van der Waals surface area (Å²) < 4.78 is 0. The molecule has 2 N–H and O–H groups in total. The molecule has 1 saturated heterocycles. The van der Waals surface area contributed by atoms with Gasteiger partial charge in [0.05, 0.1) is 6.54 Å². The average molecular weight is 269 g/mol. The van der Waals surface area contributed by atoms with Crippen LogP contribution in [0.3, 0.4) is 0 Å². The molecule has 0 saturated carbocycles. The van der Waals surface area contributed by atoms with Crippen molar-refractivity contribution in [1.82, 2.24) is 9.80 Å². The molecule has 5 heteroatoms. The molecule has 0 atom stereocenters. The first-order valence-corrected chi connectivity index (χ1v) is 7.35. The summed E-state index contributed by atoms with van der Waals surface area (Å²) in [6.45, 7) is 7.84. The number of carbonyl (C=O) groups is 2. The number of piperidine rings is 1. The standard InChI is InChI=1S/C14H27N3O2/c1-3-17(4-2)14(19)6-5-12-7-9-16(10-8-12)11-13(15)18/h12H,3-11H2,1-2H3,(H2,15,18). The van der Waals surface area contributed by atoms with Crippen molar-refractivity contribution in [2.75, 3.05) is 32.7 Å². The number of nitrogens with zero attached hydrogens (tertiary/aromatic N) is 2. The maximum Gasteiger partial charge on any atom is 0.231 e. The third kappa shape index (κ3) is 5.59. The van der Waals surface area contributed by atoms with E-state index < -0.39 is 0 Å². The van der Waals surface area contributed by atoms with Gasteiger partial charge in [-0.15, -0.1) is 0 Å². The van der Waals surface area contributed by atoms with E-state index in [-0.39, 0.29) is 11.8 Å². The van der Waals surface area contributed by atoms with Gasteiger partial charge in [0.1, 0.15) is 0 Å². The zero-order chi connectivity index (χ0) is 14.3. The lowest BCUT2D eigenvalue weighted by molar-refractivity contribution is -0.131. The highest BCUT2D eigenvalue weighted by molar-refractivity contribution is 5.76. The SMILES string of the molecule is CCN(CC)C(=O)CCC1CCN(CC(N)=O)CC1. The van der Waals surface area contributed by atoms with Crippen LogP contribution in [0.5, 0.6) is 0 Å². The Bertz CT molecular complexity index is 295. The second kappa shape index (κ2) is 8.15. The number of hydrogen-bond acceptors (Lipinski definition) is 3. The Labute approximate surface area is 116 Å². The molecule has 0 aliphatic carbocycles. The summed E-state index contributed by atoms with van der Waals surface area (Å²) in [6, 6.07) is 0. The van der Waals surface area contributed by atoms with Crippen LogP contribution in [0.4, 0.5) is 0 Å². The first kappa shape index (κ1) is 16.0. The van der Waals surface area contributed by atoms with Crippen LogP contribution in [0.2, 0.25) is 0 Å². The van der Waals surface area contributed by atoms with E-state index in [0.29, 0.717) is 18.9 Å². The minimum Gasteiger partial charge on any atom is -0.369 e. The third-order valence-electron chi connectivity index (χ3n) is 3.97. The van der Waals surface area contributed by atoms with Crippen LogP contribution in [-0.4, -0.2) is 54.3 Å². The molecule has 0 aromatic rings. The Morgan fingerprint density at radius 3 is 2.26 bits per heavy atom. The molecular formula is C14H27N3O2. The molecular weight excluding hydrogens is 242 g/mol. The minimum atomic E-state index is -0.254. The Hall–Kier alpha value is -1.10. The first-order chi connectivity index (χ1) is 9.06. The number of carbonyl (C=O) groups excluding carboxylic acids is 2. The highest BCUT2D eigenvalue weighted by Gasteiger charge is 2.21. The highest BCUT2D eigenvalue weighted by atomic mass is 16.2. The van der Waals surface area contributed by atoms with Crippen LogP contribution in [0, 0.1) is 5.92 Å². The molecule has 110 valence electrons. The lowest BCUT2D eigenvalue weighted by Crippen LogP contribution is -2.39. The normalized spacial score (nSPS) is 17.4. The Kier molecular flexibility index (Phi) is 6.84. The van der Waals surface area contributed by atoms with E-state index >= 15 is 0 Å². The third-order valence-corrected chi connectivity index (χ3v) is 3.97. The number of likely N-dealkylation sites (tertiary alicyclic amines) is 1. The number of nitrogens with two attached hydrogens (primary N) is 1. The fourth-order valence-electron chi connectivity index (χ4n) is 2.72. The summed E-state index contributed by atoms with van der Waals surface area (Å²) >= 11 is 0. The molecule has 1 aliphatic rings. The van der Waals surface area contributed by atoms with Gasteiger partial charge < -0.3 is 10.6 Å². The second-order valence-corrected chi connectivity index (χ2v) is 5.29. The van der Waals surface area contributed by atoms with Crippen molar-refractivity contribution in [1.29, 1.82) is 0 Å². The van der Waals surface area contributed by atoms with Crippen molar-refractivity contribution in [2.24, 2.45) is 11.7 Å². The van der Waals surface area contributed by atoms with Crippen LogP contribution < -0.4 is 5.73 Å². The molecule has 0 aromatic heterocycles. The zero-order valence-corrected chi connectivity index (χ0v) is 12.2. The Morgan fingerprint density at radius 2 is 1.79 bits per heavy atom. The lowest BCUT2D eigenvalue weighted by atomic mass is 9.92. The summed E-state index contributed by atoms with van der Waals surface area (Å²) in [7, 11) is 0. The zero-order valence-electron chi connectivity index (χ0n) is 12.2. The van der Waals surface area contributed by atoms with Crippen molar-refractivity contribution in [3.8, 4) is 0 Å². The maximum absolute atomic E-state index is 11.9. The summed E-state index contributed by atoms with van der Waals surface area (Å²) in [4.78, 5) is 26.7. The second-order valence-electron chi connectivity index (χ2n) is 5.29. The van der Waals surface area contributed by atoms with Gasteiger partial charge in [-0.3, -0.25) is 14.5 Å². The van der Waals surface area contributed by atoms with Gasteiger partial charge in [0.15, 0.2) is 0 Å².